The van der Waals surface area contributed by atoms with Crippen LogP contribution in [0, 0.1) is 17.1 Å². The topological polar surface area (TPSA) is 98.1 Å². The van der Waals surface area contributed by atoms with Crippen LogP contribution < -0.4 is 10.6 Å². The molecule has 0 spiro atoms. The van der Waals surface area contributed by atoms with E-state index in [4.69, 9.17) is 0 Å². The number of nitriles is 1. The van der Waals surface area contributed by atoms with Crippen LogP contribution in [0.4, 0.5) is 10.2 Å². The maximum Gasteiger partial charge on any atom is 0.312 e. The Kier molecular flexibility index (Phi) is 7.68. The molecule has 8 heteroatoms. The summed E-state index contributed by atoms with van der Waals surface area (Å²) in [6.07, 6.45) is 4.16. The van der Waals surface area contributed by atoms with Crippen molar-refractivity contribution in [1.82, 2.24) is 15.2 Å². The van der Waals surface area contributed by atoms with Gasteiger partial charge >= 0.3 is 6.41 Å². The summed E-state index contributed by atoms with van der Waals surface area (Å²) >= 11 is 0. The van der Waals surface area contributed by atoms with Gasteiger partial charge in [-0.05, 0) is 55.2 Å². The number of carbonyl (C=O) groups excluding carboxylic acids is 2. The van der Waals surface area contributed by atoms with Crippen molar-refractivity contribution < 1.29 is 14.0 Å². The lowest BCUT2D eigenvalue weighted by atomic mass is 10.0. The number of halogens is 1. The van der Waals surface area contributed by atoms with E-state index in [2.05, 4.69) is 21.7 Å². The lowest BCUT2D eigenvalue weighted by Crippen LogP contribution is -2.39. The van der Waals surface area contributed by atoms with Crippen LogP contribution in [0.15, 0.2) is 60.7 Å². The first kappa shape index (κ1) is 23.9. The molecule has 2 N–H and O–H groups in total. The molecule has 0 bridgehead atoms. The van der Waals surface area contributed by atoms with E-state index >= 15 is 0 Å². The van der Waals surface area contributed by atoms with Crippen LogP contribution >= 0.6 is 0 Å². The van der Waals surface area contributed by atoms with E-state index in [9.17, 15) is 19.2 Å². The minimum atomic E-state index is -0.316. The molecule has 1 atom stereocenters. The van der Waals surface area contributed by atoms with Crippen molar-refractivity contribution in [3.05, 3.63) is 83.2 Å². The van der Waals surface area contributed by atoms with Gasteiger partial charge in [-0.15, -0.1) is 0 Å². The Morgan fingerprint density at radius 1 is 1.17 bits per heavy atom. The first-order valence-corrected chi connectivity index (χ1v) is 11.5. The number of benzene rings is 2. The van der Waals surface area contributed by atoms with Gasteiger partial charge < -0.3 is 15.5 Å². The summed E-state index contributed by atoms with van der Waals surface area (Å²) in [5, 5.41) is 15.6. The van der Waals surface area contributed by atoms with Crippen LogP contribution in [0.1, 0.15) is 34.3 Å². The van der Waals surface area contributed by atoms with Gasteiger partial charge in [0.05, 0.1) is 22.9 Å². The Morgan fingerprint density at radius 3 is 2.83 bits per heavy atom. The fraction of sp³-hybridized carbons (Fsp3) is 0.259. The minimum Gasteiger partial charge on any atom is -0.369 e. The third-order valence-corrected chi connectivity index (χ3v) is 6.05. The average molecular weight is 471 g/mol. The quantitative estimate of drug-likeness (QED) is 0.497. The molecule has 2 amide bonds. The Bertz CT molecular complexity index is 1260. The number of aromatic nitrogens is 1. The molecule has 1 fully saturated rings. The molecule has 0 saturated carbocycles. The van der Waals surface area contributed by atoms with Crippen LogP contribution in [-0.4, -0.2) is 47.9 Å². The Labute approximate surface area is 203 Å². The van der Waals surface area contributed by atoms with Gasteiger partial charge in [0, 0.05) is 31.2 Å². The van der Waals surface area contributed by atoms with Crippen LogP contribution in [0.25, 0.3) is 11.3 Å². The second-order valence-corrected chi connectivity index (χ2v) is 8.35. The van der Waals surface area contributed by atoms with E-state index in [1.54, 1.807) is 35.2 Å². The Morgan fingerprint density at radius 2 is 2.03 bits per heavy atom. The average Bonchev–Trinajstić information content (AvgIpc) is 3.35. The van der Waals surface area contributed by atoms with E-state index in [1.807, 2.05) is 24.6 Å². The van der Waals surface area contributed by atoms with E-state index in [-0.39, 0.29) is 17.8 Å². The van der Waals surface area contributed by atoms with Gasteiger partial charge in [0.15, 0.2) is 0 Å². The summed E-state index contributed by atoms with van der Waals surface area (Å²) in [5.74, 6) is -0.248. The van der Waals surface area contributed by atoms with Crippen LogP contribution in [0.3, 0.4) is 0 Å². The second-order valence-electron chi connectivity index (χ2n) is 8.35. The molecule has 1 aliphatic heterocycles. The SMILES string of the molecule is N#Cc1ccccc1-c1ccc(C(=O)NC[C@H]2CCCN2[C]=O)c(NCCc2cccc(F)c2)n1. The van der Waals surface area contributed by atoms with Crippen molar-refractivity contribution in [2.45, 2.75) is 25.3 Å². The van der Waals surface area contributed by atoms with Gasteiger partial charge in [0.1, 0.15) is 11.6 Å². The van der Waals surface area contributed by atoms with Crippen LogP contribution in [-0.2, 0) is 11.2 Å². The van der Waals surface area contributed by atoms with E-state index in [0.717, 1.165) is 18.4 Å². The number of likely N-dealkylation sites (tertiary alicyclic amines) is 1. The largest absolute Gasteiger partial charge is 0.369 e. The highest BCUT2D eigenvalue weighted by Crippen LogP contribution is 2.25. The third-order valence-electron chi connectivity index (χ3n) is 6.05. The molecule has 2 aromatic carbocycles. The molecule has 3 aromatic rings. The molecule has 1 aliphatic rings. The second kappa shape index (κ2) is 11.3. The zero-order valence-electron chi connectivity index (χ0n) is 19.1. The zero-order valence-corrected chi connectivity index (χ0v) is 19.1. The van der Waals surface area contributed by atoms with Gasteiger partial charge in [-0.3, -0.25) is 9.59 Å². The number of anilines is 1. The summed E-state index contributed by atoms with van der Waals surface area (Å²) in [5.41, 5.74) is 2.88. The number of pyridine rings is 1. The fourth-order valence-electron chi connectivity index (χ4n) is 4.22. The predicted molar refractivity (Wildman–Crippen MR) is 131 cm³/mol. The van der Waals surface area contributed by atoms with Crippen molar-refractivity contribution in [1.29, 1.82) is 5.26 Å². The monoisotopic (exact) mass is 470 g/mol. The summed E-state index contributed by atoms with van der Waals surface area (Å²) in [7, 11) is 0. The van der Waals surface area contributed by atoms with Crippen molar-refractivity contribution >= 4 is 18.1 Å². The fourth-order valence-corrected chi connectivity index (χ4v) is 4.22. The third kappa shape index (κ3) is 5.82. The van der Waals surface area contributed by atoms with Gasteiger partial charge in [0.25, 0.3) is 5.91 Å². The molecule has 1 radical (unpaired) electrons. The number of nitrogens with zero attached hydrogens (tertiary/aromatic N) is 3. The molecule has 7 nitrogen and oxygen atoms in total. The molecule has 1 aromatic heterocycles. The van der Waals surface area contributed by atoms with Crippen molar-refractivity contribution in [3.8, 4) is 17.3 Å². The van der Waals surface area contributed by atoms with Gasteiger partial charge in [0.2, 0.25) is 0 Å². The molecule has 35 heavy (non-hydrogen) atoms. The first-order chi connectivity index (χ1) is 17.1. The maximum atomic E-state index is 13.5. The number of nitrogens with one attached hydrogen (secondary N) is 2. The minimum absolute atomic E-state index is 0.0735. The summed E-state index contributed by atoms with van der Waals surface area (Å²) in [6, 6.07) is 19.0. The van der Waals surface area contributed by atoms with Gasteiger partial charge in [-0.1, -0.05) is 30.3 Å². The molecule has 0 aliphatic carbocycles. The van der Waals surface area contributed by atoms with E-state index < -0.39 is 0 Å². The highest BCUT2D eigenvalue weighted by atomic mass is 19.1. The van der Waals surface area contributed by atoms with Crippen molar-refractivity contribution in [2.75, 3.05) is 25.0 Å². The number of rotatable bonds is 9. The number of amides is 2. The highest BCUT2D eigenvalue weighted by Gasteiger charge is 2.25. The lowest BCUT2D eigenvalue weighted by Gasteiger charge is -2.20. The number of carbonyl (C=O) groups is 1. The Hall–Kier alpha value is -4.25. The van der Waals surface area contributed by atoms with Crippen LogP contribution in [0.2, 0.25) is 0 Å². The normalized spacial score (nSPS) is 14.9. The van der Waals surface area contributed by atoms with E-state index in [0.29, 0.717) is 54.3 Å². The molecule has 177 valence electrons. The smallest absolute Gasteiger partial charge is 0.312 e. The highest BCUT2D eigenvalue weighted by molar-refractivity contribution is 5.99. The number of hydrogen-bond acceptors (Lipinski definition) is 5. The maximum absolute atomic E-state index is 13.5. The summed E-state index contributed by atoms with van der Waals surface area (Å²) in [6.45, 7) is 1.40. The van der Waals surface area contributed by atoms with Crippen LogP contribution in [0.5, 0.6) is 0 Å². The standard InChI is InChI=1S/C27H25FN5O2/c28-21-7-3-5-19(15-21)12-13-30-26-24(27(35)31-17-22-8-4-14-33(22)18-34)10-11-25(32-26)23-9-2-1-6-20(23)16-29/h1-3,5-7,9-11,15,22H,4,8,12-14,17H2,(H,30,32)(H,31,35)/t22-/m1/s1. The van der Waals surface area contributed by atoms with Gasteiger partial charge in [-0.25, -0.2) is 9.37 Å². The first-order valence-electron chi connectivity index (χ1n) is 11.5. The predicted octanol–water partition coefficient (Wildman–Crippen LogP) is 3.68. The summed E-state index contributed by atoms with van der Waals surface area (Å²) < 4.78 is 13.5. The Balaban J connectivity index is 1.55. The molecule has 0 unspecified atom stereocenters. The lowest BCUT2D eigenvalue weighted by molar-refractivity contribution is 0.0946. The molecular formula is C27H25FN5O2. The zero-order chi connectivity index (χ0) is 24.6. The molecule has 2 heterocycles. The molecular weight excluding hydrogens is 445 g/mol. The van der Waals surface area contributed by atoms with E-state index in [1.165, 1.54) is 12.1 Å². The van der Waals surface area contributed by atoms with Gasteiger partial charge in [-0.2, -0.15) is 5.26 Å². The molecule has 4 rings (SSSR count). The van der Waals surface area contributed by atoms with Crippen molar-refractivity contribution in [2.24, 2.45) is 0 Å². The number of hydrogen-bond donors (Lipinski definition) is 2. The molecule has 1 saturated heterocycles. The van der Waals surface area contributed by atoms with Crippen molar-refractivity contribution in [3.63, 3.8) is 0 Å². The summed E-state index contributed by atoms with van der Waals surface area (Å²) in [4.78, 5) is 30.4.